The molecule has 0 radical (unpaired) electrons. The van der Waals surface area contributed by atoms with Crippen molar-refractivity contribution in [1.82, 2.24) is 9.88 Å². The number of thiazole rings is 1. The van der Waals surface area contributed by atoms with Crippen molar-refractivity contribution in [2.45, 2.75) is 6.92 Å². The van der Waals surface area contributed by atoms with Crippen LogP contribution in [-0.2, 0) is 9.59 Å². The largest absolute Gasteiger partial charge is 0.289 e. The highest BCUT2D eigenvalue weighted by molar-refractivity contribution is 8.26. The standard InChI is InChI=1S/C18H15N3O2S3/c1-3-9-20-16(23)15(26-18(20)24)10-13-11-25-17(19-13)21(12(2)22)14-7-5-4-6-8-14/h3-8,10-11H,1,9H2,2H3. The van der Waals surface area contributed by atoms with Crippen molar-refractivity contribution in [1.29, 1.82) is 0 Å². The molecule has 0 atom stereocenters. The second-order valence-electron chi connectivity index (χ2n) is 5.33. The predicted octanol–water partition coefficient (Wildman–Crippen LogP) is 4.21. The number of carbonyl (C=O) groups is 2. The van der Waals surface area contributed by atoms with Gasteiger partial charge in [-0.25, -0.2) is 4.98 Å². The monoisotopic (exact) mass is 401 g/mol. The molecule has 2 amide bonds. The second-order valence-corrected chi connectivity index (χ2v) is 7.84. The van der Waals surface area contributed by atoms with Crippen LogP contribution in [-0.4, -0.2) is 32.6 Å². The lowest BCUT2D eigenvalue weighted by molar-refractivity contribution is -0.121. The Hall–Kier alpha value is -2.29. The third kappa shape index (κ3) is 3.77. The van der Waals surface area contributed by atoms with Crippen molar-refractivity contribution in [2.24, 2.45) is 0 Å². The Labute approximate surface area is 165 Å². The summed E-state index contributed by atoms with van der Waals surface area (Å²) in [5.41, 5.74) is 1.37. The van der Waals surface area contributed by atoms with Crippen LogP contribution in [0.1, 0.15) is 12.6 Å². The second kappa shape index (κ2) is 7.94. The highest BCUT2D eigenvalue weighted by Crippen LogP contribution is 2.34. The van der Waals surface area contributed by atoms with E-state index in [4.69, 9.17) is 12.2 Å². The van der Waals surface area contributed by atoms with E-state index in [0.29, 0.717) is 26.6 Å². The third-order valence-corrected chi connectivity index (χ3v) is 5.72. The number of rotatable bonds is 5. The lowest BCUT2D eigenvalue weighted by atomic mass is 10.3. The van der Waals surface area contributed by atoms with Crippen molar-refractivity contribution in [3.05, 3.63) is 59.0 Å². The van der Waals surface area contributed by atoms with E-state index in [0.717, 1.165) is 5.69 Å². The van der Waals surface area contributed by atoms with Crippen LogP contribution >= 0.6 is 35.3 Å². The summed E-state index contributed by atoms with van der Waals surface area (Å²) in [5.74, 6) is -0.282. The number of amides is 2. The van der Waals surface area contributed by atoms with Crippen LogP contribution in [0.15, 0.2) is 53.3 Å². The van der Waals surface area contributed by atoms with Gasteiger partial charge in [0, 0.05) is 18.8 Å². The van der Waals surface area contributed by atoms with Gasteiger partial charge in [-0.2, -0.15) is 0 Å². The molecule has 1 aliphatic heterocycles. The summed E-state index contributed by atoms with van der Waals surface area (Å²) in [6, 6.07) is 9.32. The van der Waals surface area contributed by atoms with Gasteiger partial charge in [-0.1, -0.05) is 48.3 Å². The first-order chi connectivity index (χ1) is 12.5. The number of anilines is 2. The maximum atomic E-state index is 12.4. The van der Waals surface area contributed by atoms with Crippen molar-refractivity contribution in [3.63, 3.8) is 0 Å². The summed E-state index contributed by atoms with van der Waals surface area (Å²) in [5, 5.41) is 2.37. The topological polar surface area (TPSA) is 53.5 Å². The molecule has 5 nitrogen and oxygen atoms in total. The predicted molar refractivity (Wildman–Crippen MR) is 111 cm³/mol. The third-order valence-electron chi connectivity index (χ3n) is 3.49. The molecule has 2 aromatic rings. The number of benzene rings is 1. The average Bonchev–Trinajstić information content (AvgIpc) is 3.16. The van der Waals surface area contributed by atoms with Crippen LogP contribution in [0.5, 0.6) is 0 Å². The number of aromatic nitrogens is 1. The molecule has 1 aromatic heterocycles. The zero-order chi connectivity index (χ0) is 18.7. The van der Waals surface area contributed by atoms with Gasteiger partial charge in [0.2, 0.25) is 5.91 Å². The first-order valence-corrected chi connectivity index (χ1v) is 9.79. The normalized spacial score (nSPS) is 15.6. The molecule has 1 aliphatic rings. The van der Waals surface area contributed by atoms with Crippen molar-refractivity contribution < 1.29 is 9.59 Å². The Morgan fingerprint density at radius 1 is 1.38 bits per heavy atom. The van der Waals surface area contributed by atoms with Crippen molar-refractivity contribution >= 4 is 68.3 Å². The van der Waals surface area contributed by atoms with Gasteiger partial charge < -0.3 is 0 Å². The summed E-state index contributed by atoms with van der Waals surface area (Å²) < 4.78 is 0.506. The minimum Gasteiger partial charge on any atom is -0.289 e. The van der Waals surface area contributed by atoms with Crippen LogP contribution in [0.4, 0.5) is 10.8 Å². The highest BCUT2D eigenvalue weighted by atomic mass is 32.2. The fraction of sp³-hybridized carbons (Fsp3) is 0.111. The van der Waals surface area contributed by atoms with Crippen LogP contribution < -0.4 is 4.90 Å². The number of thioether (sulfide) groups is 1. The lowest BCUT2D eigenvalue weighted by Crippen LogP contribution is -2.27. The van der Waals surface area contributed by atoms with Crippen molar-refractivity contribution in [2.75, 3.05) is 11.4 Å². The van der Waals surface area contributed by atoms with Gasteiger partial charge in [0.05, 0.1) is 16.3 Å². The number of para-hydroxylation sites is 1. The van der Waals surface area contributed by atoms with Gasteiger partial charge in [-0.05, 0) is 18.2 Å². The first-order valence-electron chi connectivity index (χ1n) is 7.69. The molecule has 8 heteroatoms. The molecule has 26 heavy (non-hydrogen) atoms. The van der Waals surface area contributed by atoms with Crippen LogP contribution in [0.25, 0.3) is 6.08 Å². The van der Waals surface area contributed by atoms with E-state index in [-0.39, 0.29) is 11.8 Å². The fourth-order valence-electron chi connectivity index (χ4n) is 2.37. The summed E-state index contributed by atoms with van der Waals surface area (Å²) in [6.07, 6.45) is 3.34. The van der Waals surface area contributed by atoms with E-state index in [9.17, 15) is 9.59 Å². The molecule has 0 N–H and O–H groups in total. The zero-order valence-corrected chi connectivity index (χ0v) is 16.4. The summed E-state index contributed by atoms with van der Waals surface area (Å²) in [7, 11) is 0. The molecule has 0 saturated carbocycles. The molecule has 132 valence electrons. The van der Waals surface area contributed by atoms with E-state index in [2.05, 4.69) is 11.6 Å². The van der Waals surface area contributed by atoms with Gasteiger partial charge >= 0.3 is 0 Å². The van der Waals surface area contributed by atoms with E-state index in [1.807, 2.05) is 35.7 Å². The Morgan fingerprint density at radius 3 is 2.77 bits per heavy atom. The Balaban J connectivity index is 1.88. The maximum absolute atomic E-state index is 12.4. The molecule has 0 aliphatic carbocycles. The van der Waals surface area contributed by atoms with Gasteiger partial charge in [-0.3, -0.25) is 19.4 Å². The molecule has 3 rings (SSSR count). The molecule has 1 fully saturated rings. The van der Waals surface area contributed by atoms with E-state index in [1.54, 1.807) is 17.1 Å². The fourth-order valence-corrected chi connectivity index (χ4v) is 4.47. The molecule has 1 aromatic carbocycles. The average molecular weight is 402 g/mol. The zero-order valence-electron chi connectivity index (χ0n) is 13.9. The van der Waals surface area contributed by atoms with Gasteiger partial charge in [0.15, 0.2) is 5.13 Å². The van der Waals surface area contributed by atoms with Crippen LogP contribution in [0.2, 0.25) is 0 Å². The molecular weight excluding hydrogens is 386 g/mol. The summed E-state index contributed by atoms with van der Waals surface area (Å²) in [6.45, 7) is 5.52. The number of thiocarbonyl (C=S) groups is 1. The molecular formula is C18H15N3O2S3. The van der Waals surface area contributed by atoms with E-state index in [1.165, 1.54) is 34.9 Å². The molecule has 0 unspecified atom stereocenters. The van der Waals surface area contributed by atoms with Crippen molar-refractivity contribution in [3.8, 4) is 0 Å². The first kappa shape index (κ1) is 18.5. The lowest BCUT2D eigenvalue weighted by Gasteiger charge is -2.17. The van der Waals surface area contributed by atoms with E-state index < -0.39 is 0 Å². The number of nitrogens with zero attached hydrogens (tertiary/aromatic N) is 3. The quantitative estimate of drug-likeness (QED) is 0.427. The Bertz CT molecular complexity index is 905. The van der Waals surface area contributed by atoms with E-state index >= 15 is 0 Å². The summed E-state index contributed by atoms with van der Waals surface area (Å²) >= 11 is 7.82. The number of hydrogen-bond donors (Lipinski definition) is 0. The van der Waals surface area contributed by atoms with Gasteiger partial charge in [-0.15, -0.1) is 17.9 Å². The van der Waals surface area contributed by atoms with Gasteiger partial charge in [0.1, 0.15) is 4.32 Å². The Morgan fingerprint density at radius 2 is 2.12 bits per heavy atom. The SMILES string of the molecule is C=CCN1C(=O)C(=Cc2csc(N(C(C)=O)c3ccccc3)n2)SC1=S. The molecule has 2 heterocycles. The molecule has 1 saturated heterocycles. The van der Waals surface area contributed by atoms with Crippen LogP contribution in [0.3, 0.4) is 0 Å². The highest BCUT2D eigenvalue weighted by Gasteiger charge is 2.31. The number of hydrogen-bond acceptors (Lipinski definition) is 6. The maximum Gasteiger partial charge on any atom is 0.266 e. The molecule has 0 bridgehead atoms. The summed E-state index contributed by atoms with van der Waals surface area (Å²) in [4.78, 5) is 32.6. The van der Waals surface area contributed by atoms with Crippen LogP contribution in [0, 0.1) is 0 Å². The molecule has 0 spiro atoms. The number of carbonyl (C=O) groups excluding carboxylic acids is 2. The smallest absolute Gasteiger partial charge is 0.266 e. The minimum absolute atomic E-state index is 0.130. The Kier molecular flexibility index (Phi) is 5.65. The minimum atomic E-state index is -0.152. The van der Waals surface area contributed by atoms with Gasteiger partial charge in [0.25, 0.3) is 5.91 Å².